The summed E-state index contributed by atoms with van der Waals surface area (Å²) in [4.78, 5) is 5.05. The molecule has 4 rings (SSSR count). The molecule has 136 valence electrons. The van der Waals surface area contributed by atoms with E-state index >= 15 is 0 Å². The molecule has 0 spiro atoms. The molecule has 0 amide bonds. The number of aromatic hydroxyl groups is 1. The highest BCUT2D eigenvalue weighted by Gasteiger charge is 2.27. The largest absolute Gasteiger partial charge is 0.508 e. The zero-order valence-electron chi connectivity index (χ0n) is 14.4. The minimum Gasteiger partial charge on any atom is -0.508 e. The van der Waals surface area contributed by atoms with Gasteiger partial charge in [-0.25, -0.2) is 0 Å². The Kier molecular flexibility index (Phi) is 5.20. The maximum atomic E-state index is 9.84. The van der Waals surface area contributed by atoms with Gasteiger partial charge in [-0.05, 0) is 58.9 Å². The lowest BCUT2D eigenvalue weighted by Gasteiger charge is -2.13. The zero-order chi connectivity index (χ0) is 18.6. The van der Waals surface area contributed by atoms with Gasteiger partial charge in [0.05, 0.1) is 17.2 Å². The molecule has 2 heterocycles. The third-order valence-corrected chi connectivity index (χ3v) is 5.17. The van der Waals surface area contributed by atoms with Gasteiger partial charge in [-0.1, -0.05) is 12.1 Å². The van der Waals surface area contributed by atoms with Crippen LogP contribution in [-0.2, 0) is 17.8 Å². The fourth-order valence-corrected chi connectivity index (χ4v) is 3.57. The number of rotatable bonds is 6. The van der Waals surface area contributed by atoms with E-state index in [1.807, 2.05) is 36.4 Å². The number of pyridine rings is 1. The second-order valence-electron chi connectivity index (χ2n) is 6.18. The number of benzene rings is 2. The summed E-state index contributed by atoms with van der Waals surface area (Å²) in [5.41, 5.74) is 4.54. The van der Waals surface area contributed by atoms with Crippen LogP contribution in [0.25, 0.3) is 0 Å². The van der Waals surface area contributed by atoms with E-state index in [1.165, 1.54) is 11.9 Å². The van der Waals surface area contributed by atoms with E-state index in [4.69, 9.17) is 4.65 Å². The number of fused-ring (bicyclic) bond motifs is 1. The molecule has 4 N–H and O–H groups in total. The molecule has 1 aliphatic heterocycles. The first-order valence-corrected chi connectivity index (χ1v) is 9.32. The van der Waals surface area contributed by atoms with Crippen LogP contribution >= 0.6 is 11.9 Å². The van der Waals surface area contributed by atoms with Crippen molar-refractivity contribution in [3.63, 3.8) is 0 Å². The smallest absolute Gasteiger partial charge is 0.491 e. The van der Waals surface area contributed by atoms with Crippen molar-refractivity contribution in [2.45, 2.75) is 18.0 Å². The average Bonchev–Trinajstić information content (AvgIpc) is 3.07. The first kappa shape index (κ1) is 17.7. The second kappa shape index (κ2) is 7.91. The molecular formula is C19H18BN3O3S. The zero-order valence-corrected chi connectivity index (χ0v) is 15.2. The van der Waals surface area contributed by atoms with Crippen LogP contribution in [0, 0.1) is 0 Å². The summed E-state index contributed by atoms with van der Waals surface area (Å²) in [7, 11) is -0.864. The van der Waals surface area contributed by atoms with Crippen molar-refractivity contribution in [3.8, 4) is 5.75 Å². The number of nitrogens with one attached hydrogen (secondary N) is 2. The van der Waals surface area contributed by atoms with Crippen LogP contribution in [0.4, 0.5) is 11.4 Å². The van der Waals surface area contributed by atoms with E-state index in [1.54, 1.807) is 24.5 Å². The van der Waals surface area contributed by atoms with Crippen LogP contribution < -0.4 is 15.5 Å². The Labute approximate surface area is 161 Å². The summed E-state index contributed by atoms with van der Waals surface area (Å²) >= 11 is 1.43. The fraction of sp³-hybridized carbons (Fsp3) is 0.105. The summed E-state index contributed by atoms with van der Waals surface area (Å²) in [6, 6.07) is 14.9. The first-order valence-electron chi connectivity index (χ1n) is 8.50. The van der Waals surface area contributed by atoms with E-state index in [9.17, 15) is 10.1 Å². The van der Waals surface area contributed by atoms with E-state index in [0.29, 0.717) is 13.2 Å². The van der Waals surface area contributed by atoms with Crippen LogP contribution in [0.5, 0.6) is 5.75 Å². The standard InChI is InChI=1S/C19H18BN3O3S/c24-16-5-6-19(18(9-16)22-11-13-2-1-7-21-10-13)27-23-15-4-3-14-12-26-20(25)17(14)8-15/h1-10,22-25H,11-12H2. The predicted molar refractivity (Wildman–Crippen MR) is 108 cm³/mol. The Morgan fingerprint density at radius 1 is 1.19 bits per heavy atom. The van der Waals surface area contributed by atoms with Gasteiger partial charge in [0.15, 0.2) is 0 Å². The maximum Gasteiger partial charge on any atom is 0.491 e. The molecule has 6 nitrogen and oxygen atoms in total. The number of phenolic OH excluding ortho intramolecular Hbond substituents is 1. The molecule has 2 aromatic carbocycles. The van der Waals surface area contributed by atoms with Gasteiger partial charge in [0.2, 0.25) is 0 Å². The number of aromatic nitrogens is 1. The van der Waals surface area contributed by atoms with Crippen molar-refractivity contribution in [2.24, 2.45) is 0 Å². The Balaban J connectivity index is 1.46. The molecule has 0 unspecified atom stereocenters. The summed E-state index contributed by atoms with van der Waals surface area (Å²) in [6.45, 7) is 1.04. The number of phenols is 1. The van der Waals surface area contributed by atoms with Crippen LogP contribution in [0.15, 0.2) is 65.8 Å². The van der Waals surface area contributed by atoms with Crippen molar-refractivity contribution < 1.29 is 14.8 Å². The van der Waals surface area contributed by atoms with Crippen LogP contribution in [0.3, 0.4) is 0 Å². The van der Waals surface area contributed by atoms with Crippen molar-refractivity contribution in [2.75, 3.05) is 10.0 Å². The Morgan fingerprint density at radius 3 is 2.96 bits per heavy atom. The molecule has 0 radical (unpaired) electrons. The fourth-order valence-electron chi connectivity index (χ4n) is 2.84. The van der Waals surface area contributed by atoms with Gasteiger partial charge in [0.1, 0.15) is 5.75 Å². The molecule has 27 heavy (non-hydrogen) atoms. The summed E-state index contributed by atoms with van der Waals surface area (Å²) in [5.74, 6) is 0.200. The van der Waals surface area contributed by atoms with Crippen molar-refractivity contribution in [1.82, 2.24) is 4.98 Å². The molecule has 0 fully saturated rings. The van der Waals surface area contributed by atoms with Gasteiger partial charge in [-0.3, -0.25) is 4.98 Å². The number of hydrogen-bond donors (Lipinski definition) is 4. The van der Waals surface area contributed by atoms with Gasteiger partial charge in [-0.2, -0.15) is 0 Å². The predicted octanol–water partition coefficient (Wildman–Crippen LogP) is 2.74. The highest BCUT2D eigenvalue weighted by Crippen LogP contribution is 2.31. The van der Waals surface area contributed by atoms with Gasteiger partial charge >= 0.3 is 7.12 Å². The molecular weight excluding hydrogens is 361 g/mol. The molecule has 0 saturated heterocycles. The number of nitrogens with zero attached hydrogens (tertiary/aromatic N) is 1. The topological polar surface area (TPSA) is 86.6 Å². The number of anilines is 2. The lowest BCUT2D eigenvalue weighted by Crippen LogP contribution is -2.28. The Bertz CT molecular complexity index is 943. The molecule has 1 aliphatic rings. The van der Waals surface area contributed by atoms with Gasteiger partial charge in [-0.15, -0.1) is 0 Å². The number of hydrogen-bond acceptors (Lipinski definition) is 7. The van der Waals surface area contributed by atoms with Crippen molar-refractivity contribution in [1.29, 1.82) is 0 Å². The minimum atomic E-state index is -0.864. The van der Waals surface area contributed by atoms with Gasteiger partial charge < -0.3 is 24.8 Å². The molecule has 0 saturated carbocycles. The highest BCUT2D eigenvalue weighted by molar-refractivity contribution is 8.00. The van der Waals surface area contributed by atoms with E-state index < -0.39 is 7.12 Å². The molecule has 0 bridgehead atoms. The van der Waals surface area contributed by atoms with E-state index in [-0.39, 0.29) is 5.75 Å². The lowest BCUT2D eigenvalue weighted by atomic mass is 9.79. The SMILES string of the molecule is OB1OCc2ccc(NSc3ccc(O)cc3NCc3cccnc3)cc21. The summed E-state index contributed by atoms with van der Waals surface area (Å²) in [6.07, 6.45) is 3.54. The van der Waals surface area contributed by atoms with Crippen LogP contribution in [0.1, 0.15) is 11.1 Å². The van der Waals surface area contributed by atoms with Crippen LogP contribution in [0.2, 0.25) is 0 Å². The highest BCUT2D eigenvalue weighted by atomic mass is 32.2. The molecule has 0 aliphatic carbocycles. The van der Waals surface area contributed by atoms with Crippen LogP contribution in [-0.4, -0.2) is 22.2 Å². The average molecular weight is 379 g/mol. The molecule has 0 atom stereocenters. The third kappa shape index (κ3) is 4.19. The summed E-state index contributed by atoms with van der Waals surface area (Å²) < 4.78 is 8.51. The second-order valence-corrected chi connectivity index (χ2v) is 7.02. The molecule has 8 heteroatoms. The van der Waals surface area contributed by atoms with E-state index in [2.05, 4.69) is 15.0 Å². The summed E-state index contributed by atoms with van der Waals surface area (Å²) in [5, 5.41) is 23.0. The lowest BCUT2D eigenvalue weighted by molar-refractivity contribution is 0.275. The van der Waals surface area contributed by atoms with Gasteiger partial charge in [0.25, 0.3) is 0 Å². The third-order valence-electron chi connectivity index (χ3n) is 4.26. The normalized spacial score (nSPS) is 12.7. The first-order chi connectivity index (χ1) is 13.2. The molecule has 1 aromatic heterocycles. The quantitative estimate of drug-likeness (QED) is 0.387. The maximum absolute atomic E-state index is 9.84. The minimum absolute atomic E-state index is 0.200. The Hall–Kier alpha value is -2.68. The monoisotopic (exact) mass is 379 g/mol. The van der Waals surface area contributed by atoms with Gasteiger partial charge in [0, 0.05) is 30.7 Å². The van der Waals surface area contributed by atoms with Crippen molar-refractivity contribution >= 4 is 35.9 Å². The van der Waals surface area contributed by atoms with E-state index in [0.717, 1.165) is 32.9 Å². The molecule has 3 aromatic rings. The van der Waals surface area contributed by atoms with Crippen molar-refractivity contribution in [3.05, 3.63) is 72.1 Å². The Morgan fingerprint density at radius 2 is 2.11 bits per heavy atom.